The number of likely N-dealkylation sites (N-methyl/N-ethyl adjacent to an activating group) is 1. The molecule has 1 aliphatic rings. The highest BCUT2D eigenvalue weighted by molar-refractivity contribution is 5.89. The summed E-state index contributed by atoms with van der Waals surface area (Å²) in [5.74, 6) is 0.663. The average Bonchev–Trinajstić information content (AvgIpc) is 2.92. The van der Waals surface area contributed by atoms with E-state index in [-0.39, 0.29) is 12.1 Å². The number of methoxy groups -OCH3 is 1. The molecule has 0 aliphatic carbocycles. The minimum atomic E-state index is -0.721. The van der Waals surface area contributed by atoms with Crippen LogP contribution in [-0.2, 0) is 4.74 Å². The molecule has 1 saturated heterocycles. The third-order valence-corrected chi connectivity index (χ3v) is 4.26. The van der Waals surface area contributed by atoms with Crippen LogP contribution in [0.15, 0.2) is 24.3 Å². The van der Waals surface area contributed by atoms with Crippen LogP contribution in [0.25, 0.3) is 0 Å². The van der Waals surface area contributed by atoms with Gasteiger partial charge >= 0.3 is 6.03 Å². The lowest BCUT2D eigenvalue weighted by Gasteiger charge is -2.24. The molecule has 2 rings (SSSR count). The second kappa shape index (κ2) is 8.86. The van der Waals surface area contributed by atoms with E-state index in [9.17, 15) is 9.90 Å². The molecule has 1 aromatic carbocycles. The summed E-state index contributed by atoms with van der Waals surface area (Å²) in [4.78, 5) is 14.3. The van der Waals surface area contributed by atoms with Crippen molar-refractivity contribution in [3.05, 3.63) is 24.3 Å². The lowest BCUT2D eigenvalue weighted by atomic mass is 10.1. The Kier molecular flexibility index (Phi) is 6.84. The Morgan fingerprint density at radius 3 is 2.83 bits per heavy atom. The zero-order chi connectivity index (χ0) is 17.5. The number of hydrogen-bond acceptors (Lipinski definition) is 5. The molecule has 24 heavy (non-hydrogen) atoms. The predicted molar refractivity (Wildman–Crippen MR) is 92.5 cm³/mol. The maximum atomic E-state index is 12.1. The highest BCUT2D eigenvalue weighted by Crippen LogP contribution is 2.18. The van der Waals surface area contributed by atoms with Crippen molar-refractivity contribution in [1.29, 1.82) is 0 Å². The Morgan fingerprint density at radius 1 is 1.42 bits per heavy atom. The van der Waals surface area contributed by atoms with Crippen molar-refractivity contribution >= 4 is 11.7 Å². The van der Waals surface area contributed by atoms with E-state index >= 15 is 0 Å². The molecule has 1 unspecified atom stereocenters. The molecule has 1 aromatic rings. The minimum Gasteiger partial charge on any atom is -0.497 e. The quantitative estimate of drug-likeness (QED) is 0.698. The first kappa shape index (κ1) is 18.5. The fourth-order valence-electron chi connectivity index (χ4n) is 2.74. The number of ether oxygens (including phenoxy) is 2. The van der Waals surface area contributed by atoms with E-state index in [1.807, 2.05) is 0 Å². The molecule has 1 heterocycles. The second-order valence-corrected chi connectivity index (χ2v) is 5.79. The summed E-state index contributed by atoms with van der Waals surface area (Å²) < 4.78 is 10.8. The van der Waals surface area contributed by atoms with Crippen molar-refractivity contribution in [2.45, 2.75) is 32.1 Å². The summed E-state index contributed by atoms with van der Waals surface area (Å²) in [6, 6.07) is 6.30. The number of anilines is 1. The minimum absolute atomic E-state index is 0.285. The number of nitrogens with zero attached hydrogens (tertiary/aromatic N) is 1. The number of rotatable bonds is 7. The van der Waals surface area contributed by atoms with Crippen LogP contribution in [0.1, 0.15) is 13.8 Å². The smallest absolute Gasteiger partial charge is 0.319 e. The molecule has 0 saturated carbocycles. The van der Waals surface area contributed by atoms with Gasteiger partial charge in [0, 0.05) is 18.3 Å². The number of amides is 2. The zero-order valence-corrected chi connectivity index (χ0v) is 14.5. The van der Waals surface area contributed by atoms with Gasteiger partial charge in [0.1, 0.15) is 11.9 Å². The first-order chi connectivity index (χ1) is 11.6. The fraction of sp³-hybridized carbons (Fsp3) is 0.588. The Balaban J connectivity index is 1.85. The van der Waals surface area contributed by atoms with Crippen LogP contribution in [0.3, 0.4) is 0 Å². The van der Waals surface area contributed by atoms with Gasteiger partial charge in [0.2, 0.25) is 0 Å². The van der Waals surface area contributed by atoms with Crippen molar-refractivity contribution < 1.29 is 19.4 Å². The standard InChI is InChI=1S/C17H27N3O4/c1-4-20(5-2)10-15-16(21)14(11-24-15)19-17(22)18-12-7-6-8-13(9-12)23-3/h6-9,14-16,21H,4-5,10-11H2,1-3H3,(H2,18,19,22)/t14?,15-,16+/m0/s1. The van der Waals surface area contributed by atoms with Gasteiger partial charge in [-0.3, -0.25) is 0 Å². The number of carbonyl (C=O) groups is 1. The number of benzene rings is 1. The molecule has 3 N–H and O–H groups in total. The molecular formula is C17H27N3O4. The molecule has 0 aromatic heterocycles. The SMILES string of the molecule is CCN(CC)C[C@@H]1OCC(NC(=O)Nc2cccc(OC)c2)[C@H]1O. The summed E-state index contributed by atoms with van der Waals surface area (Å²) in [6.45, 7) is 6.90. The Bertz CT molecular complexity index is 536. The molecule has 3 atom stereocenters. The molecular weight excluding hydrogens is 310 g/mol. The number of urea groups is 1. The van der Waals surface area contributed by atoms with E-state index in [1.165, 1.54) is 0 Å². The summed E-state index contributed by atoms with van der Waals surface area (Å²) in [5, 5.41) is 15.9. The first-order valence-corrected chi connectivity index (χ1v) is 8.31. The van der Waals surface area contributed by atoms with Crippen LogP contribution in [-0.4, -0.2) is 67.6 Å². The Hall–Kier alpha value is -1.83. The van der Waals surface area contributed by atoms with Crippen LogP contribution < -0.4 is 15.4 Å². The van der Waals surface area contributed by atoms with E-state index in [0.29, 0.717) is 24.6 Å². The third-order valence-electron chi connectivity index (χ3n) is 4.26. The highest BCUT2D eigenvalue weighted by Gasteiger charge is 2.37. The fourth-order valence-corrected chi connectivity index (χ4v) is 2.74. The van der Waals surface area contributed by atoms with Crippen molar-refractivity contribution in [2.75, 3.05) is 38.7 Å². The van der Waals surface area contributed by atoms with Crippen LogP contribution in [0.2, 0.25) is 0 Å². The molecule has 0 radical (unpaired) electrons. The van der Waals surface area contributed by atoms with E-state index < -0.39 is 12.1 Å². The Morgan fingerprint density at radius 2 is 2.17 bits per heavy atom. The van der Waals surface area contributed by atoms with Crippen molar-refractivity contribution in [3.63, 3.8) is 0 Å². The van der Waals surface area contributed by atoms with Crippen molar-refractivity contribution in [3.8, 4) is 5.75 Å². The number of nitrogens with one attached hydrogen (secondary N) is 2. The molecule has 2 amide bonds. The molecule has 0 bridgehead atoms. The third kappa shape index (κ3) is 4.83. The first-order valence-electron chi connectivity index (χ1n) is 8.31. The van der Waals surface area contributed by atoms with Gasteiger partial charge in [-0.05, 0) is 25.2 Å². The Labute approximate surface area is 142 Å². The van der Waals surface area contributed by atoms with Gasteiger partial charge in [0.15, 0.2) is 0 Å². The summed E-state index contributed by atoms with van der Waals surface area (Å²) >= 11 is 0. The van der Waals surface area contributed by atoms with E-state index in [0.717, 1.165) is 13.1 Å². The maximum absolute atomic E-state index is 12.1. The monoisotopic (exact) mass is 337 g/mol. The topological polar surface area (TPSA) is 83.1 Å². The average molecular weight is 337 g/mol. The predicted octanol–water partition coefficient (Wildman–Crippen LogP) is 1.29. The molecule has 7 heteroatoms. The van der Waals surface area contributed by atoms with Gasteiger partial charge in [-0.2, -0.15) is 0 Å². The molecule has 1 aliphatic heterocycles. The van der Waals surface area contributed by atoms with Crippen molar-refractivity contribution in [2.24, 2.45) is 0 Å². The van der Waals surface area contributed by atoms with Gasteiger partial charge in [-0.15, -0.1) is 0 Å². The van der Waals surface area contributed by atoms with E-state index in [2.05, 4.69) is 29.4 Å². The largest absolute Gasteiger partial charge is 0.497 e. The lowest BCUT2D eigenvalue weighted by molar-refractivity contribution is 0.0173. The number of hydrogen-bond donors (Lipinski definition) is 3. The lowest BCUT2D eigenvalue weighted by Crippen LogP contribution is -2.48. The molecule has 0 spiro atoms. The number of aliphatic hydroxyl groups is 1. The van der Waals surface area contributed by atoms with Crippen LogP contribution >= 0.6 is 0 Å². The van der Waals surface area contributed by atoms with Gasteiger partial charge in [-0.25, -0.2) is 4.79 Å². The van der Waals surface area contributed by atoms with E-state index in [4.69, 9.17) is 9.47 Å². The van der Waals surface area contributed by atoms with Gasteiger partial charge < -0.3 is 30.1 Å². The molecule has 7 nitrogen and oxygen atoms in total. The van der Waals surface area contributed by atoms with E-state index in [1.54, 1.807) is 31.4 Å². The number of aliphatic hydroxyl groups excluding tert-OH is 1. The number of carbonyl (C=O) groups excluding carboxylic acids is 1. The second-order valence-electron chi connectivity index (χ2n) is 5.79. The zero-order valence-electron chi connectivity index (χ0n) is 14.5. The van der Waals surface area contributed by atoms with Gasteiger partial charge in [0.05, 0.1) is 25.9 Å². The molecule has 134 valence electrons. The van der Waals surface area contributed by atoms with Gasteiger partial charge in [0.25, 0.3) is 0 Å². The highest BCUT2D eigenvalue weighted by atomic mass is 16.5. The summed E-state index contributed by atoms with van der Waals surface area (Å²) in [6.07, 6.45) is -1.01. The van der Waals surface area contributed by atoms with Crippen molar-refractivity contribution in [1.82, 2.24) is 10.2 Å². The van der Waals surface area contributed by atoms with Crippen LogP contribution in [0, 0.1) is 0 Å². The van der Waals surface area contributed by atoms with Crippen LogP contribution in [0.4, 0.5) is 10.5 Å². The van der Waals surface area contributed by atoms with Gasteiger partial charge in [-0.1, -0.05) is 19.9 Å². The van der Waals surface area contributed by atoms with Crippen LogP contribution in [0.5, 0.6) is 5.75 Å². The summed E-state index contributed by atoms with van der Waals surface area (Å²) in [7, 11) is 1.57. The maximum Gasteiger partial charge on any atom is 0.319 e. The molecule has 1 fully saturated rings. The summed E-state index contributed by atoms with van der Waals surface area (Å²) in [5.41, 5.74) is 0.625. The normalized spacial score (nSPS) is 23.3.